The lowest BCUT2D eigenvalue weighted by molar-refractivity contribution is 0.672. The number of nitrogens with zero attached hydrogens (tertiary/aromatic N) is 12. The van der Waals surface area contributed by atoms with Crippen molar-refractivity contribution in [3.8, 4) is 113 Å². The predicted molar refractivity (Wildman–Crippen MR) is 576 cm³/mol. The number of fused-ring (bicyclic) bond motifs is 28. The zero-order chi connectivity index (χ0) is 91.7. The van der Waals surface area contributed by atoms with Crippen LogP contribution in [0.3, 0.4) is 0 Å². The van der Waals surface area contributed by atoms with Gasteiger partial charge in [0.05, 0.1) is 66.3 Å². The van der Waals surface area contributed by atoms with Gasteiger partial charge in [0, 0.05) is 175 Å². The van der Waals surface area contributed by atoms with Gasteiger partial charge in [0.25, 0.3) is 0 Å². The third-order valence-electron chi connectivity index (χ3n) is 27.8. The van der Waals surface area contributed by atoms with E-state index in [1.807, 2.05) is 169 Å². The highest BCUT2D eigenvalue weighted by atomic mass is 32.1. The van der Waals surface area contributed by atoms with Crippen molar-refractivity contribution in [1.82, 2.24) is 58.1 Å². The van der Waals surface area contributed by atoms with Gasteiger partial charge in [0.1, 0.15) is 22.3 Å². The van der Waals surface area contributed by atoms with E-state index in [0.29, 0.717) is 34.9 Å². The molecule has 0 bridgehead atoms. The summed E-state index contributed by atoms with van der Waals surface area (Å²) in [5.41, 5.74) is 25.1. The Morgan fingerprint density at radius 2 is 0.500 bits per heavy atom. The topological polar surface area (TPSA) is 149 Å². The van der Waals surface area contributed by atoms with Crippen LogP contribution in [0.15, 0.2) is 446 Å². The average molecular weight is 1830 g/mol. The number of para-hydroxylation sites is 6. The van der Waals surface area contributed by atoms with E-state index in [-0.39, 0.29) is 0 Å². The summed E-state index contributed by atoms with van der Waals surface area (Å²) in [5.74, 6) is 3.50. The summed E-state index contributed by atoms with van der Waals surface area (Å²) in [4.78, 5) is 41.2. The number of rotatable bonds is 12. The van der Waals surface area contributed by atoms with Crippen molar-refractivity contribution in [3.05, 3.63) is 437 Å². The fourth-order valence-corrected chi connectivity index (χ4v) is 24.1. The number of hydrogen-bond donors (Lipinski definition) is 0. The molecule has 0 radical (unpaired) electrons. The fraction of sp³-hybridized carbons (Fsp3) is 0. The largest absolute Gasteiger partial charge is 0.455 e. The fourth-order valence-electron chi connectivity index (χ4n) is 21.6. The van der Waals surface area contributed by atoms with E-state index in [1.165, 1.54) is 61.9 Å². The summed E-state index contributed by atoms with van der Waals surface area (Å²) < 4.78 is 28.1. The Labute approximate surface area is 805 Å². The number of aromatic nitrogens is 12. The van der Waals surface area contributed by atoms with Gasteiger partial charge in [-0.1, -0.05) is 279 Å². The van der Waals surface area contributed by atoms with Crippen LogP contribution < -0.4 is 0 Å². The monoisotopic (exact) mass is 1820 g/mol. The molecule has 12 heterocycles. The van der Waals surface area contributed by atoms with Crippen LogP contribution in [0, 0.1) is 0 Å². The van der Waals surface area contributed by atoms with E-state index >= 15 is 0 Å². The third-order valence-corrected chi connectivity index (χ3v) is 30.2. The molecule has 652 valence electrons. The summed E-state index contributed by atoms with van der Waals surface area (Å²) in [6.07, 6.45) is 7.77. The zero-order valence-electron chi connectivity index (χ0n) is 74.6. The van der Waals surface area contributed by atoms with Crippen LogP contribution in [-0.4, -0.2) is 58.1 Å². The van der Waals surface area contributed by atoms with E-state index in [1.54, 1.807) is 0 Å². The van der Waals surface area contributed by atoms with Crippen LogP contribution in [-0.2, 0) is 0 Å². The van der Waals surface area contributed by atoms with Crippen molar-refractivity contribution in [2.24, 2.45) is 0 Å². The minimum atomic E-state index is 0.543. The maximum Gasteiger partial charge on any atom is 0.164 e. The molecule has 0 amide bonds. The minimum absolute atomic E-state index is 0.543. The molecular weight excluding hydrogens is 1750 g/mol. The Kier molecular flexibility index (Phi) is 17.8. The van der Waals surface area contributed by atoms with Crippen molar-refractivity contribution in [1.29, 1.82) is 0 Å². The first-order chi connectivity index (χ1) is 69.5. The molecule has 0 saturated heterocycles. The molecule has 30 rings (SSSR count). The standard InChI is InChI=1S/C62H36N6O2.C62H36N6S2/c2*1-3-15-37(16-4-1)60-64-61(38-17-5-2-6-18-38)66-62(65-60)44-28-27-39(67-49-23-11-7-21-45(49)56-52(67)31-29-42-40-19-9-13-25-54(40)69-58(42)56)35-47(44)48-36-63-34-33-51(48)68-50-24-12-8-22-46(50)57-53(68)32-30-43-41-20-10-14-26-55(41)70-59(43)57/h2*1-36H. The van der Waals surface area contributed by atoms with Gasteiger partial charge in [-0.3, -0.25) is 9.97 Å². The molecule has 14 nitrogen and oxygen atoms in total. The molecule has 12 aromatic heterocycles. The van der Waals surface area contributed by atoms with E-state index in [4.69, 9.17) is 48.7 Å². The van der Waals surface area contributed by atoms with Gasteiger partial charge in [-0.15, -0.1) is 22.7 Å². The van der Waals surface area contributed by atoms with Crippen LogP contribution in [0.5, 0.6) is 0 Å². The first-order valence-electron chi connectivity index (χ1n) is 46.7. The van der Waals surface area contributed by atoms with Crippen LogP contribution in [0.4, 0.5) is 0 Å². The molecule has 0 atom stereocenters. The third kappa shape index (κ3) is 12.3. The Bertz CT molecular complexity index is 9680. The van der Waals surface area contributed by atoms with Crippen molar-refractivity contribution in [2.45, 2.75) is 0 Å². The molecular formula is C124H72N12O2S2. The van der Waals surface area contributed by atoms with Gasteiger partial charge in [-0.05, 0) is 145 Å². The first-order valence-corrected chi connectivity index (χ1v) is 48.4. The number of benzene rings is 18. The SMILES string of the molecule is c1ccc(-c2nc(-c3ccccc3)nc(-c3ccc(-n4c5ccccc5c5c6oc7ccccc7c6ccc54)cc3-c3cnccc3-n3c4ccccc4c4c5oc6ccccc6c5ccc43)n2)cc1.c1ccc(-c2nc(-c3ccccc3)nc(-c3ccc(-n4c5ccccc5c5c6sc7ccccc7c6ccc54)cc3-c3cnccc3-n3c4ccccc4c4c5sc6ccccc6c5ccc43)n2)cc1. The van der Waals surface area contributed by atoms with Crippen LogP contribution >= 0.6 is 22.7 Å². The molecule has 0 aliphatic carbocycles. The molecule has 0 fully saturated rings. The number of hydrogen-bond acceptors (Lipinski definition) is 12. The Morgan fingerprint density at radius 1 is 0.200 bits per heavy atom. The van der Waals surface area contributed by atoms with E-state index < -0.39 is 0 Å². The van der Waals surface area contributed by atoms with Crippen molar-refractivity contribution in [3.63, 3.8) is 0 Å². The molecule has 0 aliphatic rings. The smallest absolute Gasteiger partial charge is 0.164 e. The van der Waals surface area contributed by atoms with E-state index in [0.717, 1.165) is 188 Å². The highest BCUT2D eigenvalue weighted by molar-refractivity contribution is 7.27. The molecule has 18 aromatic carbocycles. The number of thiophene rings is 2. The normalized spacial score (nSPS) is 12.0. The number of furan rings is 2. The first kappa shape index (κ1) is 79.0. The lowest BCUT2D eigenvalue weighted by Crippen LogP contribution is -2.04. The lowest BCUT2D eigenvalue weighted by atomic mass is 9.97. The summed E-state index contributed by atoms with van der Waals surface area (Å²) >= 11 is 3.74. The van der Waals surface area contributed by atoms with Crippen molar-refractivity contribution >= 4 is 194 Å². The van der Waals surface area contributed by atoms with E-state index in [2.05, 4.69) is 309 Å². The molecule has 0 aliphatic heterocycles. The minimum Gasteiger partial charge on any atom is -0.455 e. The van der Waals surface area contributed by atoms with Gasteiger partial charge in [-0.25, -0.2) is 29.9 Å². The van der Waals surface area contributed by atoms with Crippen LogP contribution in [0.25, 0.3) is 285 Å². The molecule has 0 saturated carbocycles. The van der Waals surface area contributed by atoms with Crippen LogP contribution in [0.1, 0.15) is 0 Å². The Balaban J connectivity index is 0.000000134. The highest BCUT2D eigenvalue weighted by Crippen LogP contribution is 2.52. The van der Waals surface area contributed by atoms with Crippen LogP contribution in [0.2, 0.25) is 0 Å². The number of pyridine rings is 2. The maximum atomic E-state index is 6.72. The highest BCUT2D eigenvalue weighted by Gasteiger charge is 2.30. The summed E-state index contributed by atoms with van der Waals surface area (Å²) in [6.45, 7) is 0. The molecule has 0 unspecified atom stereocenters. The molecule has 30 aromatic rings. The quantitative estimate of drug-likeness (QED) is 0.116. The molecule has 0 spiro atoms. The lowest BCUT2D eigenvalue weighted by Gasteiger charge is -2.18. The maximum absolute atomic E-state index is 6.72. The molecule has 16 heteroatoms. The molecule has 140 heavy (non-hydrogen) atoms. The van der Waals surface area contributed by atoms with E-state index in [9.17, 15) is 0 Å². The Hall–Kier alpha value is -18.5. The molecule has 0 N–H and O–H groups in total. The predicted octanol–water partition coefficient (Wildman–Crippen LogP) is 32.8. The van der Waals surface area contributed by atoms with Gasteiger partial charge in [-0.2, -0.15) is 0 Å². The zero-order valence-corrected chi connectivity index (χ0v) is 76.2. The summed E-state index contributed by atoms with van der Waals surface area (Å²) in [7, 11) is 0. The van der Waals surface area contributed by atoms with Crippen molar-refractivity contribution < 1.29 is 8.83 Å². The van der Waals surface area contributed by atoms with Gasteiger partial charge >= 0.3 is 0 Å². The Morgan fingerprint density at radius 3 is 0.893 bits per heavy atom. The second-order valence-electron chi connectivity index (χ2n) is 35.5. The summed E-state index contributed by atoms with van der Waals surface area (Å²) in [5, 5.41) is 18.8. The summed E-state index contributed by atoms with van der Waals surface area (Å²) in [6, 6.07) is 145. The second kappa shape index (κ2) is 31.6. The van der Waals surface area contributed by atoms with Gasteiger partial charge in [0.15, 0.2) is 34.9 Å². The van der Waals surface area contributed by atoms with Gasteiger partial charge in [0.2, 0.25) is 0 Å². The van der Waals surface area contributed by atoms with Crippen molar-refractivity contribution in [2.75, 3.05) is 0 Å². The van der Waals surface area contributed by atoms with Gasteiger partial charge < -0.3 is 27.1 Å². The average Bonchev–Trinajstić information content (AvgIpc) is 1.57. The second-order valence-corrected chi connectivity index (χ2v) is 37.6.